The van der Waals surface area contributed by atoms with Crippen molar-refractivity contribution in [2.24, 2.45) is 0 Å². The van der Waals surface area contributed by atoms with E-state index >= 15 is 0 Å². The number of hydrogen-bond donors (Lipinski definition) is 1. The third-order valence-electron chi connectivity index (χ3n) is 3.10. The lowest BCUT2D eigenvalue weighted by Gasteiger charge is -2.24. The second-order valence-corrected chi connectivity index (χ2v) is 6.11. The van der Waals surface area contributed by atoms with Gasteiger partial charge in [-0.3, -0.25) is 0 Å². The highest BCUT2D eigenvalue weighted by Gasteiger charge is 2.21. The summed E-state index contributed by atoms with van der Waals surface area (Å²) < 4.78 is 12.6. The molecule has 0 spiro atoms. The van der Waals surface area contributed by atoms with Crippen LogP contribution >= 0.6 is 0 Å². The normalized spacial score (nSPS) is 14.6. The Kier molecular flexibility index (Phi) is 6.20. The van der Waals surface area contributed by atoms with Gasteiger partial charge in [-0.1, -0.05) is 6.92 Å². The van der Waals surface area contributed by atoms with Crippen LogP contribution in [0.1, 0.15) is 58.8 Å². The minimum Gasteiger partial charge on any atom is -0.444 e. The lowest BCUT2D eigenvalue weighted by Crippen LogP contribution is -2.35. The fraction of sp³-hybridized carbons (Fsp3) is 0.733. The minimum absolute atomic E-state index is 0.187. The summed E-state index contributed by atoms with van der Waals surface area (Å²) in [7, 11) is 1.68. The molecule has 1 aromatic heterocycles. The second-order valence-electron chi connectivity index (χ2n) is 6.11. The topological polar surface area (TPSA) is 65.4 Å². The molecule has 120 valence electrons. The molecule has 1 amide bonds. The summed E-state index contributed by atoms with van der Waals surface area (Å²) in [6.07, 6.45) is 4.04. The molecule has 1 N–H and O–H groups in total. The van der Waals surface area contributed by atoms with Crippen LogP contribution in [0.4, 0.5) is 4.79 Å². The molecule has 1 unspecified atom stereocenters. The summed E-state index contributed by atoms with van der Waals surface area (Å²) in [5.41, 5.74) is 0.427. The molecule has 1 rings (SSSR count). The SMILES string of the molecule is CCC(COC)n1cncc1[C@H](C)NC(=O)OC(C)(C)C. The molecule has 0 aliphatic rings. The zero-order valence-corrected chi connectivity index (χ0v) is 13.8. The first kappa shape index (κ1) is 17.5. The van der Waals surface area contributed by atoms with E-state index in [0.717, 1.165) is 12.1 Å². The molecule has 2 atom stereocenters. The number of imidazole rings is 1. The molecule has 6 heteroatoms. The molecule has 0 aromatic carbocycles. The summed E-state index contributed by atoms with van der Waals surface area (Å²) in [6, 6.07) is 0.0173. The zero-order valence-electron chi connectivity index (χ0n) is 13.8. The molecule has 0 saturated heterocycles. The quantitative estimate of drug-likeness (QED) is 0.876. The predicted molar refractivity (Wildman–Crippen MR) is 81.2 cm³/mol. The van der Waals surface area contributed by atoms with Gasteiger partial charge in [0.05, 0.1) is 36.9 Å². The molecule has 6 nitrogen and oxygen atoms in total. The molecular formula is C15H27N3O3. The number of amides is 1. The first-order valence-electron chi connectivity index (χ1n) is 7.28. The van der Waals surface area contributed by atoms with E-state index in [1.807, 2.05) is 32.3 Å². The van der Waals surface area contributed by atoms with E-state index in [4.69, 9.17) is 9.47 Å². The molecule has 0 fully saturated rings. The fourth-order valence-electron chi connectivity index (χ4n) is 2.10. The highest BCUT2D eigenvalue weighted by atomic mass is 16.6. The number of nitrogens with one attached hydrogen (secondary N) is 1. The van der Waals surface area contributed by atoms with Gasteiger partial charge < -0.3 is 19.4 Å². The number of carbonyl (C=O) groups excluding carboxylic acids is 1. The standard InChI is InChI=1S/C15H27N3O3/c1-7-12(9-20-6)18-10-16-8-13(18)11(2)17-14(19)21-15(3,4)5/h8,10-12H,7,9H2,1-6H3,(H,17,19)/t11-,12?/m0/s1. The number of carbonyl (C=O) groups is 1. The Bertz CT molecular complexity index is 451. The van der Waals surface area contributed by atoms with E-state index in [-0.39, 0.29) is 12.1 Å². The van der Waals surface area contributed by atoms with Crippen molar-refractivity contribution in [2.75, 3.05) is 13.7 Å². The van der Waals surface area contributed by atoms with Crippen molar-refractivity contribution in [1.82, 2.24) is 14.9 Å². The van der Waals surface area contributed by atoms with E-state index in [9.17, 15) is 4.79 Å². The van der Waals surface area contributed by atoms with Gasteiger partial charge in [0.25, 0.3) is 0 Å². The lowest BCUT2D eigenvalue weighted by molar-refractivity contribution is 0.0505. The third kappa shape index (κ3) is 5.38. The molecule has 0 bridgehead atoms. The van der Waals surface area contributed by atoms with E-state index < -0.39 is 11.7 Å². The molecule has 1 aromatic rings. The number of nitrogens with zero attached hydrogens (tertiary/aromatic N) is 2. The summed E-state index contributed by atoms with van der Waals surface area (Å²) in [5, 5.41) is 2.84. The van der Waals surface area contributed by atoms with Gasteiger partial charge in [-0.25, -0.2) is 9.78 Å². The summed E-state index contributed by atoms with van der Waals surface area (Å²) in [5.74, 6) is 0. The Hall–Kier alpha value is -1.56. The van der Waals surface area contributed by atoms with Crippen LogP contribution in [0.3, 0.4) is 0 Å². The van der Waals surface area contributed by atoms with Gasteiger partial charge in [0.1, 0.15) is 5.60 Å². The van der Waals surface area contributed by atoms with Gasteiger partial charge >= 0.3 is 6.09 Å². The average molecular weight is 297 g/mol. The highest BCUT2D eigenvalue weighted by molar-refractivity contribution is 5.68. The smallest absolute Gasteiger partial charge is 0.408 e. The Morgan fingerprint density at radius 2 is 2.14 bits per heavy atom. The van der Waals surface area contributed by atoms with E-state index in [2.05, 4.69) is 17.2 Å². The number of ether oxygens (including phenoxy) is 2. The van der Waals surface area contributed by atoms with E-state index in [1.54, 1.807) is 19.6 Å². The zero-order chi connectivity index (χ0) is 16.0. The van der Waals surface area contributed by atoms with Gasteiger partial charge in [0.2, 0.25) is 0 Å². The number of alkyl carbamates (subject to hydrolysis) is 1. The monoisotopic (exact) mass is 297 g/mol. The van der Waals surface area contributed by atoms with Gasteiger partial charge in [-0.2, -0.15) is 0 Å². The summed E-state index contributed by atoms with van der Waals surface area (Å²) in [4.78, 5) is 16.0. The van der Waals surface area contributed by atoms with Crippen molar-refractivity contribution in [1.29, 1.82) is 0 Å². The molecule has 0 aliphatic carbocycles. The van der Waals surface area contributed by atoms with Crippen LogP contribution in [-0.4, -0.2) is 35.0 Å². The first-order valence-corrected chi connectivity index (χ1v) is 7.28. The Morgan fingerprint density at radius 3 is 2.67 bits per heavy atom. The number of methoxy groups -OCH3 is 1. The average Bonchev–Trinajstić information content (AvgIpc) is 2.82. The molecule has 0 radical (unpaired) electrons. The molecule has 0 saturated carbocycles. The van der Waals surface area contributed by atoms with Gasteiger partial charge in [0, 0.05) is 7.11 Å². The maximum atomic E-state index is 11.9. The van der Waals surface area contributed by atoms with Crippen molar-refractivity contribution in [3.05, 3.63) is 18.2 Å². The van der Waals surface area contributed by atoms with Crippen molar-refractivity contribution in [2.45, 2.75) is 58.7 Å². The van der Waals surface area contributed by atoms with Crippen LogP contribution in [0.5, 0.6) is 0 Å². The highest BCUT2D eigenvalue weighted by Crippen LogP contribution is 2.20. The third-order valence-corrected chi connectivity index (χ3v) is 3.10. The van der Waals surface area contributed by atoms with Crippen LogP contribution in [0.25, 0.3) is 0 Å². The Labute approximate surface area is 126 Å². The molecule has 0 aliphatic heterocycles. The molecule has 1 heterocycles. The Balaban J connectivity index is 2.77. The van der Waals surface area contributed by atoms with Gasteiger partial charge in [-0.05, 0) is 34.1 Å². The summed E-state index contributed by atoms with van der Waals surface area (Å²) in [6.45, 7) is 10.1. The van der Waals surface area contributed by atoms with Gasteiger partial charge in [-0.15, -0.1) is 0 Å². The largest absolute Gasteiger partial charge is 0.444 e. The predicted octanol–water partition coefficient (Wildman–Crippen LogP) is 3.07. The fourth-order valence-corrected chi connectivity index (χ4v) is 2.10. The van der Waals surface area contributed by atoms with Crippen molar-refractivity contribution in [3.63, 3.8) is 0 Å². The van der Waals surface area contributed by atoms with Crippen molar-refractivity contribution >= 4 is 6.09 Å². The minimum atomic E-state index is -0.508. The maximum absolute atomic E-state index is 11.9. The van der Waals surface area contributed by atoms with Crippen LogP contribution in [-0.2, 0) is 9.47 Å². The van der Waals surface area contributed by atoms with Crippen LogP contribution in [0.15, 0.2) is 12.5 Å². The lowest BCUT2D eigenvalue weighted by atomic mass is 10.2. The number of aromatic nitrogens is 2. The maximum Gasteiger partial charge on any atom is 0.408 e. The van der Waals surface area contributed by atoms with Gasteiger partial charge in [0.15, 0.2) is 0 Å². The Morgan fingerprint density at radius 1 is 1.48 bits per heavy atom. The second kappa shape index (κ2) is 7.45. The summed E-state index contributed by atoms with van der Waals surface area (Å²) >= 11 is 0. The number of hydrogen-bond acceptors (Lipinski definition) is 4. The number of rotatable bonds is 6. The van der Waals surface area contributed by atoms with Crippen molar-refractivity contribution in [3.8, 4) is 0 Å². The molecular weight excluding hydrogens is 270 g/mol. The van der Waals surface area contributed by atoms with Crippen LogP contribution in [0.2, 0.25) is 0 Å². The van der Waals surface area contributed by atoms with E-state index in [1.165, 1.54) is 0 Å². The first-order chi connectivity index (χ1) is 9.78. The van der Waals surface area contributed by atoms with E-state index in [0.29, 0.717) is 6.61 Å². The molecule has 21 heavy (non-hydrogen) atoms. The van der Waals surface area contributed by atoms with Crippen LogP contribution in [0, 0.1) is 0 Å². The van der Waals surface area contributed by atoms with Crippen molar-refractivity contribution < 1.29 is 14.3 Å². The van der Waals surface area contributed by atoms with Crippen LogP contribution < -0.4 is 5.32 Å².